The van der Waals surface area contributed by atoms with E-state index in [1.54, 1.807) is 20.5 Å². The molecule has 1 aliphatic heterocycles. The Bertz CT molecular complexity index is 1090. The van der Waals surface area contributed by atoms with Gasteiger partial charge in [0.05, 0.1) is 19.7 Å². The van der Waals surface area contributed by atoms with Crippen LogP contribution in [-0.4, -0.2) is 52.9 Å². The first-order valence-electron chi connectivity index (χ1n) is 9.66. The fraction of sp³-hybridized carbons (Fsp3) is 0.400. The lowest BCUT2D eigenvalue weighted by Gasteiger charge is -2.29. The highest BCUT2D eigenvalue weighted by atomic mass is 16.5. The van der Waals surface area contributed by atoms with E-state index in [9.17, 15) is 4.79 Å². The summed E-state index contributed by atoms with van der Waals surface area (Å²) >= 11 is 0. The van der Waals surface area contributed by atoms with Crippen LogP contribution in [-0.2, 0) is 13.0 Å². The van der Waals surface area contributed by atoms with Crippen LogP contribution in [0.1, 0.15) is 34.6 Å². The molecule has 0 radical (unpaired) electrons. The molecular formula is C20H22N6O3. The van der Waals surface area contributed by atoms with E-state index in [0.29, 0.717) is 29.8 Å². The molecule has 0 spiro atoms. The molecule has 0 saturated heterocycles. The first-order valence-corrected chi connectivity index (χ1v) is 9.66. The Balaban J connectivity index is 1.51. The molecule has 150 valence electrons. The second kappa shape index (κ2) is 6.91. The number of aromatic nitrogens is 4. The number of rotatable bonds is 5. The maximum atomic E-state index is 12.6. The normalized spacial score (nSPS) is 15.9. The zero-order chi connectivity index (χ0) is 20.0. The van der Waals surface area contributed by atoms with Crippen molar-refractivity contribution in [2.75, 3.05) is 25.7 Å². The summed E-state index contributed by atoms with van der Waals surface area (Å²) in [4.78, 5) is 23.6. The molecule has 0 atom stereocenters. The van der Waals surface area contributed by atoms with E-state index in [0.717, 1.165) is 53.8 Å². The fourth-order valence-corrected chi connectivity index (χ4v) is 3.77. The van der Waals surface area contributed by atoms with Gasteiger partial charge in [-0.05, 0) is 18.9 Å². The SMILES string of the molecule is COc1cc2ncnc(N3CCc4[nH]nc(C(=O)NC5CC5)c4C3)c2cc1OC. The molecule has 5 rings (SSSR count). The summed E-state index contributed by atoms with van der Waals surface area (Å²) < 4.78 is 10.8. The van der Waals surface area contributed by atoms with Gasteiger partial charge in [0.2, 0.25) is 0 Å². The van der Waals surface area contributed by atoms with Crippen LogP contribution >= 0.6 is 0 Å². The Morgan fingerprint density at radius 1 is 1.21 bits per heavy atom. The van der Waals surface area contributed by atoms with Crippen LogP contribution in [0.3, 0.4) is 0 Å². The Labute approximate surface area is 167 Å². The standard InChI is InChI=1S/C20H22N6O3/c1-28-16-7-12-15(8-17(16)29-2)21-10-22-19(12)26-6-5-14-13(9-26)18(25-24-14)20(27)23-11-3-4-11/h7-8,10-11H,3-6,9H2,1-2H3,(H,23,27)(H,24,25). The van der Waals surface area contributed by atoms with Crippen molar-refractivity contribution in [3.8, 4) is 11.5 Å². The van der Waals surface area contributed by atoms with Crippen molar-refractivity contribution >= 4 is 22.6 Å². The van der Waals surface area contributed by atoms with Crippen LogP contribution < -0.4 is 19.7 Å². The minimum Gasteiger partial charge on any atom is -0.493 e. The number of H-pyrrole nitrogens is 1. The topological polar surface area (TPSA) is 105 Å². The highest BCUT2D eigenvalue weighted by Crippen LogP contribution is 2.36. The summed E-state index contributed by atoms with van der Waals surface area (Å²) in [7, 11) is 3.21. The van der Waals surface area contributed by atoms with E-state index in [1.165, 1.54) is 0 Å². The molecule has 1 amide bonds. The van der Waals surface area contributed by atoms with Gasteiger partial charge in [-0.3, -0.25) is 9.89 Å². The first kappa shape index (κ1) is 17.7. The fourth-order valence-electron chi connectivity index (χ4n) is 3.77. The summed E-state index contributed by atoms with van der Waals surface area (Å²) in [6, 6.07) is 4.04. The van der Waals surface area contributed by atoms with Crippen LogP contribution in [0, 0.1) is 0 Å². The molecule has 2 aliphatic rings. The third-order valence-electron chi connectivity index (χ3n) is 5.48. The number of carbonyl (C=O) groups excluding carboxylic acids is 1. The van der Waals surface area contributed by atoms with E-state index in [4.69, 9.17) is 9.47 Å². The van der Waals surface area contributed by atoms with Gasteiger partial charge in [-0.25, -0.2) is 9.97 Å². The van der Waals surface area contributed by atoms with Crippen molar-refractivity contribution in [1.29, 1.82) is 0 Å². The molecule has 9 nitrogen and oxygen atoms in total. The van der Waals surface area contributed by atoms with Crippen molar-refractivity contribution in [2.45, 2.75) is 31.8 Å². The third-order valence-corrected chi connectivity index (χ3v) is 5.48. The van der Waals surface area contributed by atoms with Crippen LogP contribution in [0.15, 0.2) is 18.5 Å². The molecular weight excluding hydrogens is 372 g/mol. The highest BCUT2D eigenvalue weighted by molar-refractivity contribution is 5.95. The number of nitrogens with one attached hydrogen (secondary N) is 2. The lowest BCUT2D eigenvalue weighted by Crippen LogP contribution is -2.33. The Morgan fingerprint density at radius 2 is 2.00 bits per heavy atom. The number of hydrogen-bond donors (Lipinski definition) is 2. The van der Waals surface area contributed by atoms with Gasteiger partial charge in [0.1, 0.15) is 12.1 Å². The maximum absolute atomic E-state index is 12.6. The van der Waals surface area contributed by atoms with E-state index >= 15 is 0 Å². The van der Waals surface area contributed by atoms with Gasteiger partial charge >= 0.3 is 0 Å². The van der Waals surface area contributed by atoms with Gasteiger partial charge in [0.15, 0.2) is 17.2 Å². The number of methoxy groups -OCH3 is 2. The second-order valence-electron chi connectivity index (χ2n) is 7.37. The highest BCUT2D eigenvalue weighted by Gasteiger charge is 2.30. The van der Waals surface area contributed by atoms with Crippen LogP contribution in [0.5, 0.6) is 11.5 Å². The molecule has 29 heavy (non-hydrogen) atoms. The smallest absolute Gasteiger partial charge is 0.272 e. The molecule has 9 heteroatoms. The van der Waals surface area contributed by atoms with Crippen molar-refractivity contribution in [2.24, 2.45) is 0 Å². The quantitative estimate of drug-likeness (QED) is 0.680. The van der Waals surface area contributed by atoms with Gasteiger partial charge in [0.25, 0.3) is 5.91 Å². The van der Waals surface area contributed by atoms with E-state index in [1.807, 2.05) is 12.1 Å². The summed E-state index contributed by atoms with van der Waals surface area (Å²) in [6.45, 7) is 1.32. The Hall–Kier alpha value is -3.36. The monoisotopic (exact) mass is 394 g/mol. The summed E-state index contributed by atoms with van der Waals surface area (Å²) in [5.74, 6) is 1.95. The van der Waals surface area contributed by atoms with E-state index in [2.05, 4.69) is 30.4 Å². The lowest BCUT2D eigenvalue weighted by atomic mass is 10.0. The van der Waals surface area contributed by atoms with Crippen LogP contribution in [0.25, 0.3) is 10.9 Å². The van der Waals surface area contributed by atoms with Gasteiger partial charge in [-0.15, -0.1) is 0 Å². The molecule has 1 fully saturated rings. The number of amides is 1. The molecule has 3 heterocycles. The Morgan fingerprint density at radius 3 is 2.76 bits per heavy atom. The number of ether oxygens (including phenoxy) is 2. The number of carbonyl (C=O) groups is 1. The second-order valence-corrected chi connectivity index (χ2v) is 7.37. The number of aromatic amines is 1. The van der Waals surface area contributed by atoms with Crippen LogP contribution in [0.2, 0.25) is 0 Å². The van der Waals surface area contributed by atoms with E-state index in [-0.39, 0.29) is 5.91 Å². The number of benzene rings is 1. The molecule has 0 unspecified atom stereocenters. The number of anilines is 1. The maximum Gasteiger partial charge on any atom is 0.272 e. The van der Waals surface area contributed by atoms with Gasteiger partial charge in [-0.2, -0.15) is 5.10 Å². The average molecular weight is 394 g/mol. The summed E-state index contributed by atoms with van der Waals surface area (Å²) in [6.07, 6.45) is 4.40. The largest absolute Gasteiger partial charge is 0.493 e. The minimum absolute atomic E-state index is 0.106. The molecule has 3 aromatic rings. The van der Waals surface area contributed by atoms with Gasteiger partial charge < -0.3 is 19.7 Å². The zero-order valence-electron chi connectivity index (χ0n) is 16.4. The molecule has 1 aliphatic carbocycles. The summed E-state index contributed by atoms with van der Waals surface area (Å²) in [5, 5.41) is 11.2. The predicted octanol–water partition coefficient (Wildman–Crippen LogP) is 1.82. The van der Waals surface area contributed by atoms with Gasteiger partial charge in [0, 0.05) is 48.3 Å². The zero-order valence-corrected chi connectivity index (χ0v) is 16.4. The molecule has 2 N–H and O–H groups in total. The number of hydrogen-bond acceptors (Lipinski definition) is 7. The van der Waals surface area contributed by atoms with Crippen molar-refractivity contribution in [1.82, 2.24) is 25.5 Å². The number of fused-ring (bicyclic) bond motifs is 2. The van der Waals surface area contributed by atoms with E-state index < -0.39 is 0 Å². The predicted molar refractivity (Wildman–Crippen MR) is 106 cm³/mol. The van der Waals surface area contributed by atoms with Crippen molar-refractivity contribution in [3.63, 3.8) is 0 Å². The molecule has 1 saturated carbocycles. The lowest BCUT2D eigenvalue weighted by molar-refractivity contribution is 0.0945. The third kappa shape index (κ3) is 3.12. The Kier molecular flexibility index (Phi) is 4.22. The van der Waals surface area contributed by atoms with Gasteiger partial charge in [-0.1, -0.05) is 0 Å². The molecule has 0 bridgehead atoms. The molecule has 2 aromatic heterocycles. The van der Waals surface area contributed by atoms with Crippen molar-refractivity contribution < 1.29 is 14.3 Å². The van der Waals surface area contributed by atoms with Crippen LogP contribution in [0.4, 0.5) is 5.82 Å². The molecule has 1 aromatic carbocycles. The van der Waals surface area contributed by atoms with Crippen molar-refractivity contribution in [3.05, 3.63) is 35.4 Å². The average Bonchev–Trinajstić information content (AvgIpc) is 3.46. The minimum atomic E-state index is -0.106. The number of nitrogens with zero attached hydrogens (tertiary/aromatic N) is 4. The summed E-state index contributed by atoms with van der Waals surface area (Å²) in [5.41, 5.74) is 3.20. The first-order chi connectivity index (χ1) is 14.2.